The monoisotopic (exact) mass is 649 g/mol. The maximum atomic E-state index is 6.85. The standard InChI is InChI=1S/C41H63NO5/c1-5-6-7-8-9-10-11-12-13-14-15-18-23-31(2)38(43-28-34-24-19-16-20-25-34)36(42)29-44-40-33(4)32(3)39-37(46-40)30-45-41(47-39)35-26-21-17-22-27-35/h15-22,24-27,31-33,36-41H,5-14,23,28-30,42H2,1-4H3/t31-,32-,33?,36+,37?,38-,39-,40+,41?/m1/s1. The van der Waals surface area contributed by atoms with E-state index in [1.165, 1.54) is 57.8 Å². The Morgan fingerprint density at radius 3 is 2.19 bits per heavy atom. The highest BCUT2D eigenvalue weighted by atomic mass is 16.7. The molecule has 6 heteroatoms. The Morgan fingerprint density at radius 1 is 0.830 bits per heavy atom. The van der Waals surface area contributed by atoms with Crippen molar-refractivity contribution in [3.8, 4) is 0 Å². The van der Waals surface area contributed by atoms with Crippen LogP contribution in [-0.4, -0.2) is 43.9 Å². The molecule has 0 spiro atoms. The van der Waals surface area contributed by atoms with Gasteiger partial charge in [0.2, 0.25) is 0 Å². The third kappa shape index (κ3) is 12.4. The third-order valence-electron chi connectivity index (χ3n) is 10.1. The molecule has 47 heavy (non-hydrogen) atoms. The normalized spacial score (nSPS) is 26.6. The lowest BCUT2D eigenvalue weighted by Crippen LogP contribution is -2.56. The van der Waals surface area contributed by atoms with Crippen LogP contribution < -0.4 is 5.73 Å². The molecule has 4 rings (SSSR count). The summed E-state index contributed by atoms with van der Waals surface area (Å²) in [5.74, 6) is 0.632. The zero-order chi connectivity index (χ0) is 33.3. The van der Waals surface area contributed by atoms with Crippen molar-refractivity contribution in [1.82, 2.24) is 0 Å². The first-order valence-corrected chi connectivity index (χ1v) is 18.6. The molecule has 2 N–H and O–H groups in total. The van der Waals surface area contributed by atoms with E-state index in [0.717, 1.165) is 24.0 Å². The van der Waals surface area contributed by atoms with Crippen LogP contribution in [-0.2, 0) is 30.3 Å². The number of ether oxygens (including phenoxy) is 5. The van der Waals surface area contributed by atoms with Gasteiger partial charge in [-0.15, -0.1) is 0 Å². The fourth-order valence-electron chi connectivity index (χ4n) is 6.86. The molecular formula is C41H63NO5. The van der Waals surface area contributed by atoms with Crippen molar-refractivity contribution in [3.63, 3.8) is 0 Å². The Labute approximate surface area is 285 Å². The molecule has 2 aromatic rings. The smallest absolute Gasteiger partial charge is 0.184 e. The molecule has 0 aromatic heterocycles. The van der Waals surface area contributed by atoms with Crippen molar-refractivity contribution < 1.29 is 23.7 Å². The number of allylic oxidation sites excluding steroid dienone is 2. The van der Waals surface area contributed by atoms with E-state index in [1.807, 2.05) is 48.5 Å². The quantitative estimate of drug-likeness (QED) is 0.107. The maximum absolute atomic E-state index is 6.85. The van der Waals surface area contributed by atoms with Gasteiger partial charge in [0.25, 0.3) is 0 Å². The van der Waals surface area contributed by atoms with Gasteiger partial charge in [-0.05, 0) is 36.7 Å². The Hall–Kier alpha value is -2.06. The molecule has 2 aliphatic heterocycles. The van der Waals surface area contributed by atoms with E-state index in [9.17, 15) is 0 Å². The average molecular weight is 650 g/mol. The van der Waals surface area contributed by atoms with Crippen LogP contribution in [0, 0.1) is 17.8 Å². The van der Waals surface area contributed by atoms with Gasteiger partial charge in [0, 0.05) is 11.5 Å². The largest absolute Gasteiger partial charge is 0.372 e. The molecular weight excluding hydrogens is 586 g/mol. The third-order valence-corrected chi connectivity index (χ3v) is 10.1. The molecule has 9 atom stereocenters. The van der Waals surface area contributed by atoms with Gasteiger partial charge in [-0.1, -0.05) is 152 Å². The second kappa shape index (κ2) is 21.1. The second-order valence-electron chi connectivity index (χ2n) is 14.0. The lowest BCUT2D eigenvalue weighted by Gasteiger charge is -2.48. The summed E-state index contributed by atoms with van der Waals surface area (Å²) in [5, 5.41) is 0. The van der Waals surface area contributed by atoms with Crippen LogP contribution in [0.25, 0.3) is 0 Å². The zero-order valence-electron chi connectivity index (χ0n) is 29.6. The van der Waals surface area contributed by atoms with Crippen LogP contribution in [0.5, 0.6) is 0 Å². The molecule has 2 aliphatic rings. The number of hydrogen-bond acceptors (Lipinski definition) is 6. The summed E-state index contributed by atoms with van der Waals surface area (Å²) in [4.78, 5) is 0. The van der Waals surface area contributed by atoms with Gasteiger partial charge in [-0.25, -0.2) is 0 Å². The summed E-state index contributed by atoms with van der Waals surface area (Å²) in [6.07, 6.45) is 17.9. The molecule has 2 saturated heterocycles. The van der Waals surface area contributed by atoms with Crippen LogP contribution >= 0.6 is 0 Å². The predicted octanol–water partition coefficient (Wildman–Crippen LogP) is 9.53. The van der Waals surface area contributed by atoms with Crippen molar-refractivity contribution in [2.45, 2.75) is 142 Å². The Kier molecular flexibility index (Phi) is 17.0. The Balaban J connectivity index is 1.24. The number of rotatable bonds is 21. The van der Waals surface area contributed by atoms with Crippen LogP contribution in [0.2, 0.25) is 0 Å². The summed E-state index contributed by atoms with van der Waals surface area (Å²) >= 11 is 0. The summed E-state index contributed by atoms with van der Waals surface area (Å²) in [6, 6.07) is 20.1. The lowest BCUT2D eigenvalue weighted by molar-refractivity contribution is -0.343. The highest BCUT2D eigenvalue weighted by Gasteiger charge is 2.46. The first-order valence-electron chi connectivity index (χ1n) is 18.6. The molecule has 2 aromatic carbocycles. The predicted molar refractivity (Wildman–Crippen MR) is 191 cm³/mol. The van der Waals surface area contributed by atoms with Crippen LogP contribution in [0.1, 0.15) is 116 Å². The molecule has 3 unspecified atom stereocenters. The van der Waals surface area contributed by atoms with Gasteiger partial charge in [0.15, 0.2) is 12.6 Å². The zero-order valence-corrected chi connectivity index (χ0v) is 29.6. The van der Waals surface area contributed by atoms with E-state index in [0.29, 0.717) is 19.8 Å². The topological polar surface area (TPSA) is 72.2 Å². The highest BCUT2D eigenvalue weighted by Crippen LogP contribution is 2.39. The summed E-state index contributed by atoms with van der Waals surface area (Å²) in [6.45, 7) is 10.3. The molecule has 0 saturated carbocycles. The van der Waals surface area contributed by atoms with Gasteiger partial charge in [-0.2, -0.15) is 0 Å². The van der Waals surface area contributed by atoms with Gasteiger partial charge in [0.05, 0.1) is 38.1 Å². The minimum Gasteiger partial charge on any atom is -0.372 e. The minimum atomic E-state index is -0.376. The van der Waals surface area contributed by atoms with Crippen molar-refractivity contribution in [1.29, 1.82) is 0 Å². The number of hydrogen-bond donors (Lipinski definition) is 1. The molecule has 6 nitrogen and oxygen atoms in total. The summed E-state index contributed by atoms with van der Waals surface area (Å²) in [5.41, 5.74) is 9.03. The van der Waals surface area contributed by atoms with Crippen molar-refractivity contribution in [2.24, 2.45) is 23.5 Å². The first kappa shape index (κ1) is 37.8. The van der Waals surface area contributed by atoms with E-state index in [-0.39, 0.29) is 54.7 Å². The van der Waals surface area contributed by atoms with Gasteiger partial charge in [0.1, 0.15) is 6.10 Å². The number of unbranched alkanes of at least 4 members (excludes halogenated alkanes) is 9. The van der Waals surface area contributed by atoms with Gasteiger partial charge in [-0.3, -0.25) is 0 Å². The van der Waals surface area contributed by atoms with E-state index in [1.54, 1.807) is 0 Å². The fourth-order valence-corrected chi connectivity index (χ4v) is 6.86. The minimum absolute atomic E-state index is 0.0539. The van der Waals surface area contributed by atoms with Crippen molar-refractivity contribution in [2.75, 3.05) is 13.2 Å². The number of benzene rings is 2. The van der Waals surface area contributed by atoms with E-state index >= 15 is 0 Å². The first-order chi connectivity index (χ1) is 23.0. The summed E-state index contributed by atoms with van der Waals surface area (Å²) < 4.78 is 31.9. The number of fused-ring (bicyclic) bond motifs is 1. The summed E-state index contributed by atoms with van der Waals surface area (Å²) in [7, 11) is 0. The molecule has 0 amide bonds. The van der Waals surface area contributed by atoms with Crippen LogP contribution in [0.15, 0.2) is 72.8 Å². The maximum Gasteiger partial charge on any atom is 0.184 e. The van der Waals surface area contributed by atoms with Crippen LogP contribution in [0.4, 0.5) is 0 Å². The molecule has 262 valence electrons. The highest BCUT2D eigenvalue weighted by molar-refractivity contribution is 5.16. The fraction of sp³-hybridized carbons (Fsp3) is 0.659. The second-order valence-corrected chi connectivity index (χ2v) is 14.0. The average Bonchev–Trinajstić information content (AvgIpc) is 3.10. The molecule has 2 heterocycles. The lowest BCUT2D eigenvalue weighted by atomic mass is 9.84. The van der Waals surface area contributed by atoms with E-state index in [4.69, 9.17) is 29.4 Å². The molecule has 0 bridgehead atoms. The SMILES string of the molecule is CCCCCCCCCCCC=CC[C@@H](C)[C@@H](OCc1ccccc1)[C@@H](N)CO[C@H]1OC2COC(c3ccccc3)O[C@@H]2[C@H](C)C1C. The van der Waals surface area contributed by atoms with Gasteiger partial charge < -0.3 is 29.4 Å². The van der Waals surface area contributed by atoms with E-state index in [2.05, 4.69) is 52.0 Å². The van der Waals surface area contributed by atoms with Crippen LogP contribution in [0.3, 0.4) is 0 Å². The molecule has 2 fully saturated rings. The van der Waals surface area contributed by atoms with Gasteiger partial charge >= 0.3 is 0 Å². The van der Waals surface area contributed by atoms with E-state index < -0.39 is 0 Å². The molecule has 0 aliphatic carbocycles. The number of nitrogens with two attached hydrogens (primary N) is 1. The Bertz CT molecular complexity index is 1110. The molecule has 0 radical (unpaired) electrons. The van der Waals surface area contributed by atoms with Crippen molar-refractivity contribution in [3.05, 3.63) is 83.9 Å². The van der Waals surface area contributed by atoms with Crippen molar-refractivity contribution >= 4 is 0 Å². The Morgan fingerprint density at radius 2 is 1.49 bits per heavy atom.